The van der Waals surface area contributed by atoms with Gasteiger partial charge in [0.05, 0.1) is 10.6 Å². The molecule has 0 atom stereocenters. The quantitative estimate of drug-likeness (QED) is 0.632. The number of thiazole rings is 1. The summed E-state index contributed by atoms with van der Waals surface area (Å²) in [7, 11) is 0. The van der Waals surface area contributed by atoms with Crippen molar-refractivity contribution in [3.8, 4) is 11.8 Å². The van der Waals surface area contributed by atoms with E-state index in [4.69, 9.17) is 11.6 Å². The van der Waals surface area contributed by atoms with Gasteiger partial charge in [0.2, 0.25) is 0 Å². The molecule has 4 heteroatoms. The number of hydrogen-bond acceptors (Lipinski definition) is 3. The molecule has 0 saturated carbocycles. The Morgan fingerprint density at radius 2 is 2.00 bits per heavy atom. The van der Waals surface area contributed by atoms with E-state index < -0.39 is 0 Å². The van der Waals surface area contributed by atoms with Crippen molar-refractivity contribution in [2.24, 2.45) is 0 Å². The number of nitrogens with zero attached hydrogens (tertiary/aromatic N) is 1. The summed E-state index contributed by atoms with van der Waals surface area (Å²) >= 11 is 9.44. The van der Waals surface area contributed by atoms with Crippen LogP contribution in [0.25, 0.3) is 0 Å². The Hall–Kier alpha value is -0.820. The van der Waals surface area contributed by atoms with E-state index in [0.29, 0.717) is 0 Å². The van der Waals surface area contributed by atoms with Crippen molar-refractivity contribution in [1.82, 2.24) is 4.98 Å². The van der Waals surface area contributed by atoms with Crippen molar-refractivity contribution in [3.05, 3.63) is 36.9 Å². The molecule has 1 nitrogen and oxygen atoms in total. The second-order valence-corrected chi connectivity index (χ2v) is 7.77. The summed E-state index contributed by atoms with van der Waals surface area (Å²) in [6.07, 6.45) is 0. The number of aryl methyl sites for hydroxylation is 1. The SMILES string of the molecule is Cc1nc(C#Cc2cc(C(C)(C)C)sc2Cl)cs1. The number of aromatic nitrogens is 1. The van der Waals surface area contributed by atoms with E-state index in [2.05, 4.69) is 43.7 Å². The molecule has 2 rings (SSSR count). The molecule has 2 heterocycles. The lowest BCUT2D eigenvalue weighted by atomic mass is 9.94. The van der Waals surface area contributed by atoms with E-state index in [1.807, 2.05) is 12.3 Å². The monoisotopic (exact) mass is 295 g/mol. The second kappa shape index (κ2) is 5.05. The minimum atomic E-state index is 0.117. The Balaban J connectivity index is 2.31. The molecular weight excluding hydrogens is 282 g/mol. The van der Waals surface area contributed by atoms with Gasteiger partial charge in [0.15, 0.2) is 0 Å². The molecule has 0 aromatic carbocycles. The van der Waals surface area contributed by atoms with Crippen LogP contribution >= 0.6 is 34.3 Å². The summed E-state index contributed by atoms with van der Waals surface area (Å²) in [4.78, 5) is 5.57. The lowest BCUT2D eigenvalue weighted by Gasteiger charge is -2.14. The third kappa shape index (κ3) is 3.14. The number of halogens is 1. The highest BCUT2D eigenvalue weighted by molar-refractivity contribution is 7.16. The summed E-state index contributed by atoms with van der Waals surface area (Å²) in [5, 5.41) is 3.00. The van der Waals surface area contributed by atoms with Gasteiger partial charge in [-0.05, 0) is 24.3 Å². The molecule has 0 fully saturated rings. The minimum Gasteiger partial charge on any atom is -0.233 e. The van der Waals surface area contributed by atoms with Gasteiger partial charge in [-0.25, -0.2) is 4.98 Å². The van der Waals surface area contributed by atoms with Gasteiger partial charge in [-0.3, -0.25) is 0 Å². The topological polar surface area (TPSA) is 12.9 Å². The van der Waals surface area contributed by atoms with Gasteiger partial charge in [0, 0.05) is 10.3 Å². The van der Waals surface area contributed by atoms with Gasteiger partial charge in [-0.2, -0.15) is 0 Å². The molecule has 0 aliphatic carbocycles. The van der Waals surface area contributed by atoms with Gasteiger partial charge in [-0.1, -0.05) is 38.3 Å². The third-order valence-corrected chi connectivity index (χ3v) is 4.93. The van der Waals surface area contributed by atoms with Crippen LogP contribution in [0.2, 0.25) is 4.34 Å². The third-order valence-electron chi connectivity index (χ3n) is 2.37. The normalized spacial score (nSPS) is 11.2. The summed E-state index contributed by atoms with van der Waals surface area (Å²) in [5.74, 6) is 6.17. The van der Waals surface area contributed by atoms with E-state index in [0.717, 1.165) is 20.6 Å². The zero-order chi connectivity index (χ0) is 13.3. The van der Waals surface area contributed by atoms with Gasteiger partial charge in [0.25, 0.3) is 0 Å². The Morgan fingerprint density at radius 1 is 1.28 bits per heavy atom. The van der Waals surface area contributed by atoms with Crippen molar-refractivity contribution in [3.63, 3.8) is 0 Å². The van der Waals surface area contributed by atoms with Crippen LogP contribution in [-0.2, 0) is 5.41 Å². The van der Waals surface area contributed by atoms with E-state index in [1.54, 1.807) is 22.7 Å². The molecule has 0 unspecified atom stereocenters. The van der Waals surface area contributed by atoms with Gasteiger partial charge >= 0.3 is 0 Å². The van der Waals surface area contributed by atoms with Crippen molar-refractivity contribution in [2.45, 2.75) is 33.1 Å². The average Bonchev–Trinajstić information content (AvgIpc) is 2.81. The molecule has 0 N–H and O–H groups in total. The van der Waals surface area contributed by atoms with E-state index in [9.17, 15) is 0 Å². The standard InChI is InChI=1S/C14H14ClNS2/c1-9-16-11(8-17-9)6-5-10-7-12(14(2,3)4)18-13(10)15/h7-8H,1-4H3. The Labute approximate surface area is 121 Å². The zero-order valence-corrected chi connectivity index (χ0v) is 13.2. The first kappa shape index (κ1) is 13.6. The van der Waals surface area contributed by atoms with Crippen molar-refractivity contribution < 1.29 is 0 Å². The average molecular weight is 296 g/mol. The molecular formula is C14H14ClNS2. The summed E-state index contributed by atoms with van der Waals surface area (Å²) < 4.78 is 0.763. The Morgan fingerprint density at radius 3 is 2.50 bits per heavy atom. The zero-order valence-electron chi connectivity index (χ0n) is 10.8. The molecule has 0 amide bonds. The highest BCUT2D eigenvalue weighted by Gasteiger charge is 2.18. The molecule has 0 radical (unpaired) electrons. The molecule has 0 saturated heterocycles. The fourth-order valence-electron chi connectivity index (χ4n) is 1.38. The van der Waals surface area contributed by atoms with Crippen LogP contribution in [0.15, 0.2) is 11.4 Å². The van der Waals surface area contributed by atoms with Crippen LogP contribution in [0, 0.1) is 18.8 Å². The van der Waals surface area contributed by atoms with Gasteiger partial charge < -0.3 is 0 Å². The summed E-state index contributed by atoms with van der Waals surface area (Å²) in [5.41, 5.74) is 1.83. The van der Waals surface area contributed by atoms with Crippen LogP contribution in [0.3, 0.4) is 0 Å². The van der Waals surface area contributed by atoms with Crippen molar-refractivity contribution in [2.75, 3.05) is 0 Å². The molecule has 2 aromatic rings. The molecule has 0 spiro atoms. The predicted octanol–water partition coefficient (Wildman–Crippen LogP) is 4.86. The van der Waals surface area contributed by atoms with Gasteiger partial charge in [-0.15, -0.1) is 22.7 Å². The minimum absolute atomic E-state index is 0.117. The van der Waals surface area contributed by atoms with E-state index in [-0.39, 0.29) is 5.41 Å². The maximum Gasteiger partial charge on any atom is 0.124 e. The van der Waals surface area contributed by atoms with Gasteiger partial charge in [0.1, 0.15) is 10.0 Å². The van der Waals surface area contributed by atoms with Crippen molar-refractivity contribution in [1.29, 1.82) is 0 Å². The maximum absolute atomic E-state index is 6.22. The fraction of sp³-hybridized carbons (Fsp3) is 0.357. The first-order valence-electron chi connectivity index (χ1n) is 5.60. The largest absolute Gasteiger partial charge is 0.233 e. The molecule has 0 bridgehead atoms. The van der Waals surface area contributed by atoms with E-state index in [1.165, 1.54) is 4.88 Å². The van der Waals surface area contributed by atoms with Crippen LogP contribution in [0.4, 0.5) is 0 Å². The summed E-state index contributed by atoms with van der Waals surface area (Å²) in [6, 6.07) is 2.08. The first-order valence-corrected chi connectivity index (χ1v) is 7.67. The highest BCUT2D eigenvalue weighted by atomic mass is 35.5. The predicted molar refractivity (Wildman–Crippen MR) is 80.9 cm³/mol. The van der Waals surface area contributed by atoms with Crippen LogP contribution in [0.5, 0.6) is 0 Å². The summed E-state index contributed by atoms with van der Waals surface area (Å²) in [6.45, 7) is 8.51. The molecule has 18 heavy (non-hydrogen) atoms. The van der Waals surface area contributed by atoms with Crippen molar-refractivity contribution >= 4 is 34.3 Å². The molecule has 94 valence electrons. The fourth-order valence-corrected chi connectivity index (χ4v) is 3.17. The second-order valence-electron chi connectivity index (χ2n) is 5.05. The smallest absolute Gasteiger partial charge is 0.124 e. The lowest BCUT2D eigenvalue weighted by molar-refractivity contribution is 0.604. The lowest BCUT2D eigenvalue weighted by Crippen LogP contribution is -2.07. The maximum atomic E-state index is 6.22. The molecule has 0 aliphatic heterocycles. The Bertz CT molecular complexity index is 620. The first-order chi connectivity index (χ1) is 8.36. The Kier molecular flexibility index (Phi) is 3.82. The number of hydrogen-bond donors (Lipinski definition) is 0. The molecule has 0 aliphatic rings. The van der Waals surface area contributed by atoms with Crippen LogP contribution in [-0.4, -0.2) is 4.98 Å². The molecule has 2 aromatic heterocycles. The van der Waals surface area contributed by atoms with Crippen LogP contribution in [0.1, 0.15) is 41.9 Å². The highest BCUT2D eigenvalue weighted by Crippen LogP contribution is 2.35. The van der Waals surface area contributed by atoms with E-state index >= 15 is 0 Å². The number of rotatable bonds is 0. The number of thiophene rings is 1. The van der Waals surface area contributed by atoms with Crippen LogP contribution < -0.4 is 0 Å².